The van der Waals surface area contributed by atoms with Crippen LogP contribution >= 0.6 is 0 Å². The summed E-state index contributed by atoms with van der Waals surface area (Å²) >= 11 is 0. The molecule has 1 aliphatic carbocycles. The molecule has 0 aromatic carbocycles. The Bertz CT molecular complexity index is 440. The first-order valence-corrected chi connectivity index (χ1v) is 6.64. The molecule has 0 radical (unpaired) electrons. The van der Waals surface area contributed by atoms with Crippen molar-refractivity contribution < 1.29 is 4.79 Å². The average Bonchev–Trinajstić information content (AvgIpc) is 3.09. The number of likely N-dealkylation sites (tertiary alicyclic amines) is 1. The Morgan fingerprint density at radius 3 is 2.72 bits per heavy atom. The van der Waals surface area contributed by atoms with Crippen molar-refractivity contribution in [2.75, 3.05) is 13.1 Å². The fraction of sp³-hybridized carbons (Fsp3) is 0.615. The first-order chi connectivity index (χ1) is 8.84. The second-order valence-electron chi connectivity index (χ2n) is 5.06. The molecule has 2 atom stereocenters. The molecule has 0 bridgehead atoms. The summed E-state index contributed by atoms with van der Waals surface area (Å²) in [4.78, 5) is 16.1. The third-order valence-electron chi connectivity index (χ3n) is 3.86. The minimum atomic E-state index is 0.194. The molecule has 0 saturated carbocycles. The number of hydrogen-bond acceptors (Lipinski definition) is 3. The Morgan fingerprint density at radius 1 is 1.17 bits per heavy atom. The van der Waals surface area contributed by atoms with Crippen LogP contribution in [0, 0.1) is 5.92 Å². The third kappa shape index (κ3) is 2.17. The van der Waals surface area contributed by atoms with Crippen LogP contribution in [0.1, 0.15) is 31.7 Å². The Balaban J connectivity index is 1.61. The molecular formula is C13H18N4O. The quantitative estimate of drug-likeness (QED) is 0.741. The van der Waals surface area contributed by atoms with Crippen LogP contribution in [0.2, 0.25) is 0 Å². The van der Waals surface area contributed by atoms with Gasteiger partial charge in [-0.15, -0.1) is 0 Å². The summed E-state index contributed by atoms with van der Waals surface area (Å²) in [5.41, 5.74) is 0. The number of allylic oxidation sites excluding steroid dienone is 2. The first kappa shape index (κ1) is 11.4. The summed E-state index contributed by atoms with van der Waals surface area (Å²) in [5.74, 6) is 0.508. The van der Waals surface area contributed by atoms with Gasteiger partial charge in [0.05, 0.1) is 18.4 Å². The predicted molar refractivity (Wildman–Crippen MR) is 66.7 cm³/mol. The van der Waals surface area contributed by atoms with Gasteiger partial charge in [0, 0.05) is 19.0 Å². The number of carbonyl (C=O) groups is 1. The first-order valence-electron chi connectivity index (χ1n) is 6.64. The molecule has 5 nitrogen and oxygen atoms in total. The van der Waals surface area contributed by atoms with Crippen molar-refractivity contribution in [3.8, 4) is 0 Å². The van der Waals surface area contributed by atoms with Crippen LogP contribution in [0.15, 0.2) is 24.5 Å². The summed E-state index contributed by atoms with van der Waals surface area (Å²) < 4.78 is 0. The Hall–Kier alpha value is -1.65. The molecule has 0 spiro atoms. The lowest BCUT2D eigenvalue weighted by Crippen LogP contribution is -2.35. The van der Waals surface area contributed by atoms with Gasteiger partial charge >= 0.3 is 0 Å². The van der Waals surface area contributed by atoms with E-state index in [0.717, 1.165) is 38.8 Å². The highest BCUT2D eigenvalue weighted by molar-refractivity contribution is 5.79. The fourth-order valence-electron chi connectivity index (χ4n) is 2.82. The summed E-state index contributed by atoms with van der Waals surface area (Å²) in [5, 5.41) is 8.32. The molecule has 2 heterocycles. The summed E-state index contributed by atoms with van der Waals surface area (Å²) in [6.45, 7) is 1.60. The van der Waals surface area contributed by atoms with Crippen LogP contribution in [0.4, 0.5) is 0 Å². The summed E-state index contributed by atoms with van der Waals surface area (Å²) in [6, 6.07) is 0.253. The minimum absolute atomic E-state index is 0.194. The van der Waals surface area contributed by atoms with Gasteiger partial charge in [-0.1, -0.05) is 12.2 Å². The molecule has 1 amide bonds. The fourth-order valence-corrected chi connectivity index (χ4v) is 2.82. The zero-order valence-corrected chi connectivity index (χ0v) is 10.4. The highest BCUT2D eigenvalue weighted by Gasteiger charge is 2.32. The third-order valence-corrected chi connectivity index (χ3v) is 3.86. The summed E-state index contributed by atoms with van der Waals surface area (Å²) in [7, 11) is 0. The maximum absolute atomic E-state index is 12.4. The van der Waals surface area contributed by atoms with Crippen molar-refractivity contribution in [1.29, 1.82) is 0 Å². The van der Waals surface area contributed by atoms with Crippen molar-refractivity contribution in [1.82, 2.24) is 19.9 Å². The smallest absolute Gasteiger partial charge is 0.226 e. The van der Waals surface area contributed by atoms with Gasteiger partial charge in [-0.25, -0.2) is 0 Å². The van der Waals surface area contributed by atoms with Crippen LogP contribution in [-0.2, 0) is 4.79 Å². The molecule has 5 heteroatoms. The maximum Gasteiger partial charge on any atom is 0.226 e. The zero-order chi connectivity index (χ0) is 12.4. The van der Waals surface area contributed by atoms with E-state index in [2.05, 4.69) is 22.3 Å². The van der Waals surface area contributed by atoms with Crippen molar-refractivity contribution >= 4 is 5.91 Å². The number of amides is 1. The number of nitrogens with zero attached hydrogens (tertiary/aromatic N) is 4. The number of hydrogen-bond donors (Lipinski definition) is 0. The van der Waals surface area contributed by atoms with E-state index in [-0.39, 0.29) is 12.0 Å². The van der Waals surface area contributed by atoms with E-state index in [1.54, 1.807) is 17.2 Å². The van der Waals surface area contributed by atoms with Crippen molar-refractivity contribution in [2.24, 2.45) is 5.92 Å². The van der Waals surface area contributed by atoms with Crippen molar-refractivity contribution in [3.63, 3.8) is 0 Å². The number of carbonyl (C=O) groups excluding carboxylic acids is 1. The van der Waals surface area contributed by atoms with Crippen LogP contribution in [-0.4, -0.2) is 38.9 Å². The van der Waals surface area contributed by atoms with Gasteiger partial charge in [0.1, 0.15) is 0 Å². The molecule has 1 fully saturated rings. The Morgan fingerprint density at radius 2 is 2.00 bits per heavy atom. The lowest BCUT2D eigenvalue weighted by atomic mass is 9.93. The highest BCUT2D eigenvalue weighted by atomic mass is 16.2. The van der Waals surface area contributed by atoms with Gasteiger partial charge in [-0.05, 0) is 25.7 Å². The largest absolute Gasteiger partial charge is 0.340 e. The van der Waals surface area contributed by atoms with Crippen LogP contribution in [0.25, 0.3) is 0 Å². The van der Waals surface area contributed by atoms with Gasteiger partial charge in [-0.3, -0.25) is 4.79 Å². The lowest BCUT2D eigenvalue weighted by Gasteiger charge is -2.24. The van der Waals surface area contributed by atoms with E-state index in [1.807, 2.05) is 4.90 Å². The Labute approximate surface area is 106 Å². The highest BCUT2D eigenvalue weighted by Crippen LogP contribution is 2.26. The molecule has 2 aliphatic rings. The van der Waals surface area contributed by atoms with E-state index < -0.39 is 0 Å². The van der Waals surface area contributed by atoms with E-state index in [0.29, 0.717) is 5.91 Å². The van der Waals surface area contributed by atoms with Crippen LogP contribution in [0.3, 0.4) is 0 Å². The van der Waals surface area contributed by atoms with Crippen molar-refractivity contribution in [2.45, 2.75) is 31.7 Å². The monoisotopic (exact) mass is 246 g/mol. The molecule has 1 aromatic heterocycles. The van der Waals surface area contributed by atoms with E-state index in [1.165, 1.54) is 0 Å². The molecular weight excluding hydrogens is 228 g/mol. The molecule has 2 unspecified atom stereocenters. The van der Waals surface area contributed by atoms with Gasteiger partial charge < -0.3 is 4.90 Å². The molecule has 96 valence electrons. The predicted octanol–water partition coefficient (Wildman–Crippen LogP) is 1.41. The molecule has 1 aromatic rings. The van der Waals surface area contributed by atoms with Gasteiger partial charge in [0.25, 0.3) is 0 Å². The topological polar surface area (TPSA) is 51.0 Å². The van der Waals surface area contributed by atoms with Gasteiger partial charge in [-0.2, -0.15) is 15.0 Å². The van der Waals surface area contributed by atoms with Crippen LogP contribution in [0.5, 0.6) is 0 Å². The van der Waals surface area contributed by atoms with Gasteiger partial charge in [0.15, 0.2) is 0 Å². The molecule has 18 heavy (non-hydrogen) atoms. The van der Waals surface area contributed by atoms with E-state index >= 15 is 0 Å². The normalized spacial score (nSPS) is 27.7. The summed E-state index contributed by atoms with van der Waals surface area (Å²) in [6.07, 6.45) is 11.6. The molecule has 1 aliphatic heterocycles. The average molecular weight is 246 g/mol. The minimum Gasteiger partial charge on any atom is -0.340 e. The SMILES string of the molecule is O=C(C1CC=CCC1)N1CCC(n2nccn2)C1. The van der Waals surface area contributed by atoms with Crippen LogP contribution < -0.4 is 0 Å². The maximum atomic E-state index is 12.4. The second kappa shape index (κ2) is 4.92. The molecule has 0 N–H and O–H groups in total. The van der Waals surface area contributed by atoms with Crippen molar-refractivity contribution in [3.05, 3.63) is 24.5 Å². The molecule has 1 saturated heterocycles. The second-order valence-corrected chi connectivity index (χ2v) is 5.06. The molecule has 3 rings (SSSR count). The number of rotatable bonds is 2. The Kier molecular flexibility index (Phi) is 3.13. The zero-order valence-electron chi connectivity index (χ0n) is 10.4. The van der Waals surface area contributed by atoms with E-state index in [9.17, 15) is 4.79 Å². The standard InChI is InChI=1S/C13H18N4O/c18-13(11-4-2-1-3-5-11)16-9-6-12(10-16)17-14-7-8-15-17/h1-2,7-8,11-12H,3-6,9-10H2. The van der Waals surface area contributed by atoms with E-state index in [4.69, 9.17) is 0 Å². The number of aromatic nitrogens is 3. The van der Waals surface area contributed by atoms with Gasteiger partial charge in [0.2, 0.25) is 5.91 Å². The lowest BCUT2D eigenvalue weighted by molar-refractivity contribution is -0.134.